The van der Waals surface area contributed by atoms with Crippen LogP contribution >= 0.6 is 11.6 Å². The van der Waals surface area contributed by atoms with Crippen molar-refractivity contribution in [1.82, 2.24) is 25.0 Å². The van der Waals surface area contributed by atoms with Crippen LogP contribution in [0.5, 0.6) is 0 Å². The summed E-state index contributed by atoms with van der Waals surface area (Å²) in [6.45, 7) is 4.25. The first kappa shape index (κ1) is 19.7. The maximum Gasteiger partial charge on any atom is 0.415 e. The number of rotatable bonds is 6. The highest BCUT2D eigenvalue weighted by atomic mass is 35.5. The molecule has 1 N–H and O–H groups in total. The van der Waals surface area contributed by atoms with E-state index in [-0.39, 0.29) is 18.2 Å². The maximum absolute atomic E-state index is 12.3. The molecule has 0 bridgehead atoms. The Hall–Kier alpha value is -3.20. The minimum Gasteiger partial charge on any atom is -0.447 e. The lowest BCUT2D eigenvalue weighted by molar-refractivity contribution is 0.178. The van der Waals surface area contributed by atoms with Crippen molar-refractivity contribution in [3.05, 3.63) is 52.9 Å². The largest absolute Gasteiger partial charge is 0.447 e. The summed E-state index contributed by atoms with van der Waals surface area (Å²) >= 11 is 5.95. The fraction of sp³-hybridized carbons (Fsp3) is 0.381. The number of nitrogens with one attached hydrogen (secondary N) is 1. The molecular weight excluding hydrogens is 418 g/mol. The van der Waals surface area contributed by atoms with Crippen molar-refractivity contribution in [3.63, 3.8) is 0 Å². The maximum atomic E-state index is 12.3. The summed E-state index contributed by atoms with van der Waals surface area (Å²) in [4.78, 5) is 23.1. The van der Waals surface area contributed by atoms with Gasteiger partial charge in [0.1, 0.15) is 18.1 Å². The van der Waals surface area contributed by atoms with Gasteiger partial charge in [0.25, 0.3) is 0 Å². The van der Waals surface area contributed by atoms with E-state index in [2.05, 4.69) is 25.6 Å². The normalized spacial score (nSPS) is 19.4. The lowest BCUT2D eigenvalue weighted by Gasteiger charge is -2.21. The van der Waals surface area contributed by atoms with E-state index in [9.17, 15) is 4.79 Å². The van der Waals surface area contributed by atoms with Crippen molar-refractivity contribution in [2.24, 2.45) is 5.92 Å². The van der Waals surface area contributed by atoms with E-state index in [1.54, 1.807) is 21.7 Å². The number of ether oxygens (including phenoxy) is 1. The highest BCUT2D eigenvalue weighted by Crippen LogP contribution is 2.39. The van der Waals surface area contributed by atoms with Crippen LogP contribution in [0.4, 0.5) is 16.6 Å². The number of carbonyl (C=O) groups excluding carboxylic acids is 1. The molecular formula is C21H22ClN7O2. The molecule has 2 fully saturated rings. The standard InChI is InChI=1S/C21H22ClN7O2/c1-12-9-19(29-18(14-3-4-14)11-31-21(29)30)25-20(23-12)24-13(2)17-10-28(27-26-17)16-7-5-15(22)6-8-16/h5-10,13-14,18H,3-4,11H2,1-2H3,(H,23,24,25)/t13-,18?/m0/s1. The zero-order valence-corrected chi connectivity index (χ0v) is 18.0. The number of aryl methyl sites for hydroxylation is 1. The minimum absolute atomic E-state index is 0.0475. The molecule has 2 aromatic heterocycles. The molecule has 3 aromatic rings. The molecule has 9 nitrogen and oxygen atoms in total. The Morgan fingerprint density at radius 3 is 2.74 bits per heavy atom. The molecule has 1 aromatic carbocycles. The first-order valence-electron chi connectivity index (χ1n) is 10.2. The Morgan fingerprint density at radius 1 is 1.23 bits per heavy atom. The zero-order valence-electron chi connectivity index (χ0n) is 17.2. The summed E-state index contributed by atoms with van der Waals surface area (Å²) in [6, 6.07) is 9.03. The molecule has 3 heterocycles. The van der Waals surface area contributed by atoms with Gasteiger partial charge in [0.05, 0.1) is 24.0 Å². The highest BCUT2D eigenvalue weighted by Gasteiger charge is 2.44. The fourth-order valence-electron chi connectivity index (χ4n) is 3.73. The van der Waals surface area contributed by atoms with Crippen LogP contribution in [0.15, 0.2) is 36.5 Å². The predicted molar refractivity (Wildman–Crippen MR) is 116 cm³/mol. The highest BCUT2D eigenvalue weighted by molar-refractivity contribution is 6.30. The van der Waals surface area contributed by atoms with E-state index in [0.29, 0.717) is 29.3 Å². The third kappa shape index (κ3) is 4.05. The Labute approximate surface area is 184 Å². The van der Waals surface area contributed by atoms with Crippen LogP contribution in [0.2, 0.25) is 5.02 Å². The second-order valence-electron chi connectivity index (χ2n) is 7.97. The van der Waals surface area contributed by atoms with Gasteiger partial charge in [-0.3, -0.25) is 4.90 Å². The number of anilines is 2. The summed E-state index contributed by atoms with van der Waals surface area (Å²) in [5.41, 5.74) is 2.36. The van der Waals surface area contributed by atoms with Gasteiger partial charge < -0.3 is 10.1 Å². The molecule has 1 aliphatic heterocycles. The summed E-state index contributed by atoms with van der Waals surface area (Å²) < 4.78 is 6.98. The molecule has 10 heteroatoms. The number of carbonyl (C=O) groups is 1. The fourth-order valence-corrected chi connectivity index (χ4v) is 3.86. The Balaban J connectivity index is 1.35. The number of cyclic esters (lactones) is 1. The molecule has 1 aliphatic carbocycles. The number of hydrogen-bond acceptors (Lipinski definition) is 7. The van der Waals surface area contributed by atoms with E-state index in [1.165, 1.54) is 0 Å². The Bertz CT molecular complexity index is 1110. The van der Waals surface area contributed by atoms with Gasteiger partial charge in [0, 0.05) is 16.8 Å². The van der Waals surface area contributed by atoms with Gasteiger partial charge in [0.2, 0.25) is 5.95 Å². The van der Waals surface area contributed by atoms with Gasteiger partial charge in [-0.05, 0) is 56.9 Å². The molecule has 1 amide bonds. The monoisotopic (exact) mass is 439 g/mol. The molecule has 5 rings (SSSR count). The molecule has 0 radical (unpaired) electrons. The summed E-state index contributed by atoms with van der Waals surface area (Å²) in [6.07, 6.45) is 3.74. The second-order valence-corrected chi connectivity index (χ2v) is 8.41. The lowest BCUT2D eigenvalue weighted by atomic mass is 10.2. The second kappa shape index (κ2) is 7.81. The van der Waals surface area contributed by atoms with Crippen molar-refractivity contribution >= 4 is 29.5 Å². The number of halogens is 1. The minimum atomic E-state index is -0.347. The zero-order chi connectivity index (χ0) is 21.5. The number of benzene rings is 1. The molecule has 160 valence electrons. The Morgan fingerprint density at radius 2 is 2.00 bits per heavy atom. The number of hydrogen-bond donors (Lipinski definition) is 1. The van der Waals surface area contributed by atoms with Crippen LogP contribution in [0.25, 0.3) is 5.69 Å². The molecule has 0 spiro atoms. The third-order valence-corrected chi connectivity index (χ3v) is 5.80. The quantitative estimate of drug-likeness (QED) is 0.621. The van der Waals surface area contributed by atoms with Crippen molar-refractivity contribution in [1.29, 1.82) is 0 Å². The molecule has 1 unspecified atom stereocenters. The Kier molecular flexibility index (Phi) is 4.97. The van der Waals surface area contributed by atoms with E-state index < -0.39 is 0 Å². The van der Waals surface area contributed by atoms with E-state index >= 15 is 0 Å². The molecule has 1 saturated carbocycles. The van der Waals surface area contributed by atoms with Gasteiger partial charge in [-0.25, -0.2) is 14.5 Å². The molecule has 2 atom stereocenters. The summed E-state index contributed by atoms with van der Waals surface area (Å²) in [5.74, 6) is 1.48. The lowest BCUT2D eigenvalue weighted by Crippen LogP contribution is -2.36. The average Bonchev–Trinajstić information content (AvgIpc) is 3.32. The number of aromatic nitrogens is 5. The first-order valence-corrected chi connectivity index (χ1v) is 10.6. The summed E-state index contributed by atoms with van der Waals surface area (Å²) in [7, 11) is 0. The van der Waals surface area contributed by atoms with Crippen molar-refractivity contribution < 1.29 is 9.53 Å². The van der Waals surface area contributed by atoms with Gasteiger partial charge in [0.15, 0.2) is 0 Å². The van der Waals surface area contributed by atoms with E-state index in [0.717, 1.165) is 29.9 Å². The predicted octanol–water partition coefficient (Wildman–Crippen LogP) is 3.93. The van der Waals surface area contributed by atoms with Gasteiger partial charge in [-0.15, -0.1) is 5.10 Å². The molecule has 2 aliphatic rings. The van der Waals surface area contributed by atoms with Gasteiger partial charge >= 0.3 is 6.09 Å². The summed E-state index contributed by atoms with van der Waals surface area (Å²) in [5, 5.41) is 12.4. The van der Waals surface area contributed by atoms with Crippen LogP contribution in [0.1, 0.15) is 37.2 Å². The SMILES string of the molecule is Cc1cc(N2C(=O)OCC2C2CC2)nc(N[C@@H](C)c2cn(-c3ccc(Cl)cc3)nn2)n1. The van der Waals surface area contributed by atoms with E-state index in [1.807, 2.05) is 38.2 Å². The smallest absolute Gasteiger partial charge is 0.415 e. The molecule has 1 saturated heterocycles. The number of amides is 1. The topological polar surface area (TPSA) is 98.1 Å². The first-order chi connectivity index (χ1) is 15.0. The van der Waals surface area contributed by atoms with Crippen LogP contribution in [-0.2, 0) is 4.74 Å². The third-order valence-electron chi connectivity index (χ3n) is 5.55. The number of nitrogens with zero attached hydrogens (tertiary/aromatic N) is 6. The van der Waals surface area contributed by atoms with Gasteiger partial charge in [-0.1, -0.05) is 16.8 Å². The van der Waals surface area contributed by atoms with Crippen molar-refractivity contribution in [3.8, 4) is 5.69 Å². The van der Waals surface area contributed by atoms with Crippen molar-refractivity contribution in [2.45, 2.75) is 38.8 Å². The average molecular weight is 440 g/mol. The van der Waals surface area contributed by atoms with Crippen molar-refractivity contribution in [2.75, 3.05) is 16.8 Å². The van der Waals surface area contributed by atoms with Crippen LogP contribution in [0.3, 0.4) is 0 Å². The van der Waals surface area contributed by atoms with E-state index in [4.69, 9.17) is 16.3 Å². The van der Waals surface area contributed by atoms with Gasteiger partial charge in [-0.2, -0.15) is 4.98 Å². The molecule has 31 heavy (non-hydrogen) atoms. The van der Waals surface area contributed by atoms with Crippen LogP contribution in [0, 0.1) is 12.8 Å². The van der Waals surface area contributed by atoms with Crippen LogP contribution < -0.4 is 10.2 Å². The van der Waals surface area contributed by atoms with Crippen LogP contribution in [-0.4, -0.2) is 43.7 Å².